The number of nitrogens with one attached hydrogen (secondary N) is 3. The molecule has 2 aromatic carbocycles. The van der Waals surface area contributed by atoms with Gasteiger partial charge in [0.05, 0.1) is 30.1 Å². The molecule has 12 nitrogen and oxygen atoms in total. The predicted octanol–water partition coefficient (Wildman–Crippen LogP) is 6.07. The van der Waals surface area contributed by atoms with Crippen molar-refractivity contribution < 1.29 is 24.2 Å². The monoisotopic (exact) mass is 860 g/mol. The zero-order valence-electron chi connectivity index (χ0n) is 37.9. The molecule has 0 unspecified atom stereocenters. The van der Waals surface area contributed by atoms with Crippen molar-refractivity contribution in [3.63, 3.8) is 0 Å². The molecule has 63 heavy (non-hydrogen) atoms. The Bertz CT molecular complexity index is 2290. The van der Waals surface area contributed by atoms with Crippen LogP contribution in [0, 0.1) is 16.7 Å². The van der Waals surface area contributed by atoms with E-state index < -0.39 is 29.6 Å². The van der Waals surface area contributed by atoms with Crippen LogP contribution in [0.2, 0.25) is 0 Å². The molecule has 338 valence electrons. The van der Waals surface area contributed by atoms with Crippen molar-refractivity contribution in [1.82, 2.24) is 25.4 Å². The number of aryl methyl sites for hydroxylation is 1. The molecule has 1 aliphatic carbocycles. The highest BCUT2D eigenvalue weighted by atomic mass is 16.5. The molecular weight excluding hydrogens is 791 g/mol. The highest BCUT2D eigenvalue weighted by Gasteiger charge is 2.48. The van der Waals surface area contributed by atoms with E-state index in [4.69, 9.17) is 15.5 Å². The molecule has 2 amide bonds. The molecule has 12 heteroatoms. The number of nitrogens with zero attached hydrogens (tertiary/aromatic N) is 3. The van der Waals surface area contributed by atoms with Crippen LogP contribution in [0.4, 0.5) is 0 Å². The minimum atomic E-state index is -0.845. The number of hydrogen-bond donors (Lipinski definition) is 5. The minimum absolute atomic E-state index is 0.0103. The fraction of sp³-hybridized carbons (Fsp3) is 0.569. The molecule has 5 aliphatic rings. The minimum Gasteiger partial charge on any atom is -0.464 e. The van der Waals surface area contributed by atoms with Gasteiger partial charge >= 0.3 is 5.97 Å². The van der Waals surface area contributed by atoms with Crippen LogP contribution in [-0.2, 0) is 38.5 Å². The fourth-order valence-corrected chi connectivity index (χ4v) is 11.2. The number of aliphatic hydroxyl groups is 1. The number of aliphatic imine (C=N–C) groups is 1. The third kappa shape index (κ3) is 9.46. The number of hydrogen-bond acceptors (Lipinski definition) is 9. The molecule has 5 atom stereocenters. The van der Waals surface area contributed by atoms with Gasteiger partial charge in [-0.25, -0.2) is 0 Å². The molecule has 1 spiro atoms. The fourth-order valence-electron chi connectivity index (χ4n) is 11.2. The van der Waals surface area contributed by atoms with E-state index in [1.165, 1.54) is 5.57 Å². The van der Waals surface area contributed by atoms with E-state index in [1.54, 1.807) is 6.92 Å². The van der Waals surface area contributed by atoms with Gasteiger partial charge < -0.3 is 36.1 Å². The van der Waals surface area contributed by atoms with E-state index >= 15 is 0 Å². The summed E-state index contributed by atoms with van der Waals surface area (Å²) in [4.78, 5) is 49.4. The van der Waals surface area contributed by atoms with Crippen LogP contribution in [0.15, 0.2) is 65.3 Å². The second kappa shape index (κ2) is 18.8. The number of aromatic nitrogens is 1. The quantitative estimate of drug-likeness (QED) is 0.141. The topological polar surface area (TPSA) is 163 Å². The maximum atomic E-state index is 14.7. The number of esters is 1. The lowest BCUT2D eigenvalue weighted by Crippen LogP contribution is -2.56. The van der Waals surface area contributed by atoms with Gasteiger partial charge in [-0.15, -0.1) is 0 Å². The predicted molar refractivity (Wildman–Crippen MR) is 250 cm³/mol. The Morgan fingerprint density at radius 1 is 1.11 bits per heavy atom. The number of fused-ring (bicyclic) bond motifs is 4. The van der Waals surface area contributed by atoms with Crippen LogP contribution in [-0.4, -0.2) is 102 Å². The number of benzene rings is 2. The van der Waals surface area contributed by atoms with Crippen molar-refractivity contribution in [2.24, 2.45) is 27.5 Å². The number of allylic oxidation sites excluding steroid dienone is 1. The summed E-state index contributed by atoms with van der Waals surface area (Å²) < 4.78 is 8.28. The summed E-state index contributed by atoms with van der Waals surface area (Å²) in [5.41, 5.74) is 15.2. The van der Waals surface area contributed by atoms with Gasteiger partial charge in [-0.05, 0) is 112 Å². The van der Waals surface area contributed by atoms with Crippen LogP contribution in [0.25, 0.3) is 27.6 Å². The van der Waals surface area contributed by atoms with Crippen LogP contribution in [0.5, 0.6) is 0 Å². The van der Waals surface area contributed by atoms with Crippen molar-refractivity contribution in [2.75, 3.05) is 39.3 Å². The molecule has 4 bridgehead atoms. The van der Waals surface area contributed by atoms with Crippen LogP contribution in [0.1, 0.15) is 102 Å². The van der Waals surface area contributed by atoms with Crippen molar-refractivity contribution in [3.8, 4) is 11.1 Å². The van der Waals surface area contributed by atoms with Crippen LogP contribution >= 0.6 is 0 Å². The van der Waals surface area contributed by atoms with Gasteiger partial charge in [0.2, 0.25) is 11.8 Å². The number of likely N-dealkylation sites (tertiary alicyclic amines) is 1. The van der Waals surface area contributed by atoms with Crippen molar-refractivity contribution >= 4 is 40.5 Å². The van der Waals surface area contributed by atoms with Gasteiger partial charge in [-0.2, -0.15) is 0 Å². The lowest BCUT2D eigenvalue weighted by Gasteiger charge is -2.34. The smallest absolute Gasteiger partial charge is 0.322 e. The summed E-state index contributed by atoms with van der Waals surface area (Å²) in [7, 11) is 0. The van der Waals surface area contributed by atoms with Gasteiger partial charge in [0.25, 0.3) is 0 Å². The van der Waals surface area contributed by atoms with E-state index in [9.17, 15) is 19.5 Å². The first-order valence-electron chi connectivity index (χ1n) is 23.6. The molecule has 3 aromatic rings. The lowest BCUT2D eigenvalue weighted by atomic mass is 9.83. The number of aliphatic hydroxyl groups excluding tert-OH is 1. The number of rotatable bonds is 7. The first kappa shape index (κ1) is 45.0. The van der Waals surface area contributed by atoms with Crippen LogP contribution in [0.3, 0.4) is 0 Å². The normalized spacial score (nSPS) is 26.3. The highest BCUT2D eigenvalue weighted by molar-refractivity contribution is 5.95. The highest BCUT2D eigenvalue weighted by Crippen LogP contribution is 2.44. The number of cyclic esters (lactones) is 1. The standard InChI is InChI=1S/C51H69N7O5/c1-6-58-43-19-18-37-26-39(43)40(46(58)38-16-10-21-54-44(38)33(3)59)27-50(4,5)31-63-49(62)41(52)17-11-22-55-47(60)42(25-34-12-9-15-36(37)24-34)56-48(61)45(35-13-7-8-14-35)57-23-20-51(30-57)29-53-28-32(51)2/h9,12,15,18-19,21,24,26,33,35,41-42,45,53,59H,2,6-8,10-11,13-14,16-17,20,22-23,25,27-31,52H2,1,3-5H3,(H,55,60)(H,56,61)/t33-,41-,42-,45-,51+/m0/s1. The van der Waals surface area contributed by atoms with Gasteiger partial charge in [-0.1, -0.05) is 69.2 Å². The Labute approximate surface area is 373 Å². The molecule has 1 saturated carbocycles. The first-order chi connectivity index (χ1) is 30.3. The average molecular weight is 860 g/mol. The summed E-state index contributed by atoms with van der Waals surface area (Å²) in [6, 6.07) is 12.9. The SMILES string of the molecule is C=C1CNC[C@@]12CCN([C@H](C(=O)N[C@H]1Cc3cccc(c3)-c3ccc4c(c3)c(c(C3=C([C@H](C)O)N=CCC3)n4CC)CC(C)(C)COC(=O)[C@@H](N)CCCNC1=O)C1CCCC1)C2. The molecule has 8 rings (SSSR count). The van der Waals surface area contributed by atoms with Crippen molar-refractivity contribution in [1.29, 1.82) is 0 Å². The summed E-state index contributed by atoms with van der Waals surface area (Å²) >= 11 is 0. The second-order valence-corrected chi connectivity index (χ2v) is 19.8. The molecule has 4 aliphatic heterocycles. The first-order valence-corrected chi connectivity index (χ1v) is 23.6. The molecular formula is C51H69N7O5. The zero-order valence-corrected chi connectivity index (χ0v) is 37.9. The largest absolute Gasteiger partial charge is 0.464 e. The van der Waals surface area contributed by atoms with E-state index in [0.717, 1.165) is 116 Å². The van der Waals surface area contributed by atoms with E-state index in [1.807, 2.05) is 18.3 Å². The average Bonchev–Trinajstić information content (AvgIpc) is 4.09. The summed E-state index contributed by atoms with van der Waals surface area (Å²) in [5, 5.41) is 21.9. The van der Waals surface area contributed by atoms with E-state index in [0.29, 0.717) is 44.5 Å². The Morgan fingerprint density at radius 2 is 1.90 bits per heavy atom. The van der Waals surface area contributed by atoms with Gasteiger partial charge in [0.1, 0.15) is 12.1 Å². The Morgan fingerprint density at radius 3 is 2.65 bits per heavy atom. The Kier molecular flexibility index (Phi) is 13.5. The third-order valence-corrected chi connectivity index (χ3v) is 14.6. The number of nitrogens with two attached hydrogens (primary N) is 1. The zero-order chi connectivity index (χ0) is 44.5. The van der Waals surface area contributed by atoms with Gasteiger partial charge in [0, 0.05) is 72.7 Å². The van der Waals surface area contributed by atoms with Crippen LogP contribution < -0.4 is 21.7 Å². The lowest BCUT2D eigenvalue weighted by molar-refractivity contribution is -0.148. The maximum absolute atomic E-state index is 14.7. The maximum Gasteiger partial charge on any atom is 0.322 e. The summed E-state index contributed by atoms with van der Waals surface area (Å²) in [6.07, 6.45) is 9.63. The summed E-state index contributed by atoms with van der Waals surface area (Å²) in [5.74, 6) is -0.571. The Hall–Kier alpha value is -4.62. The van der Waals surface area contributed by atoms with Crippen molar-refractivity contribution in [2.45, 2.75) is 129 Å². The number of carbonyl (C=O) groups is 3. The second-order valence-electron chi connectivity index (χ2n) is 19.8. The molecule has 1 aromatic heterocycles. The van der Waals surface area contributed by atoms with E-state index in [-0.39, 0.29) is 35.8 Å². The Balaban J connectivity index is 1.17. The van der Waals surface area contributed by atoms with E-state index in [2.05, 4.69) is 83.1 Å². The molecule has 0 radical (unpaired) electrons. The molecule has 5 heterocycles. The molecule has 2 saturated heterocycles. The third-order valence-electron chi connectivity index (χ3n) is 14.6. The number of ether oxygens (including phenoxy) is 1. The number of amides is 2. The molecule has 6 N–H and O–H groups in total. The van der Waals surface area contributed by atoms with Gasteiger partial charge in [0.15, 0.2) is 0 Å². The van der Waals surface area contributed by atoms with Gasteiger partial charge in [-0.3, -0.25) is 24.3 Å². The van der Waals surface area contributed by atoms with Crippen molar-refractivity contribution in [3.05, 3.63) is 77.1 Å². The molecule has 3 fully saturated rings. The summed E-state index contributed by atoms with van der Waals surface area (Å²) in [6.45, 7) is 17.1. The number of carbonyl (C=O) groups excluding carboxylic acids is 3.